The Bertz CT molecular complexity index is 340. The molecule has 0 bridgehead atoms. The molecule has 0 aromatic rings. The highest BCUT2D eigenvalue weighted by Crippen LogP contribution is 2.39. The van der Waals surface area contributed by atoms with E-state index in [0.29, 0.717) is 6.61 Å². The molecule has 1 aliphatic carbocycles. The number of carbonyl (C=O) groups excluding carboxylic acids is 2. The summed E-state index contributed by atoms with van der Waals surface area (Å²) in [4.78, 5) is 22.3. The van der Waals surface area contributed by atoms with Gasteiger partial charge in [0.1, 0.15) is 18.3 Å². The van der Waals surface area contributed by atoms with Gasteiger partial charge in [-0.05, 0) is 12.8 Å². The van der Waals surface area contributed by atoms with E-state index >= 15 is 0 Å². The molecule has 0 aromatic heterocycles. The number of carbonyl (C=O) groups is 2. The Kier molecular flexibility index (Phi) is 3.81. The lowest BCUT2D eigenvalue weighted by atomic mass is 10.0. The first-order valence-electron chi connectivity index (χ1n) is 5.93. The van der Waals surface area contributed by atoms with Crippen LogP contribution < -0.4 is 0 Å². The van der Waals surface area contributed by atoms with Crippen LogP contribution in [0.25, 0.3) is 0 Å². The van der Waals surface area contributed by atoms with Crippen molar-refractivity contribution in [2.24, 2.45) is 5.92 Å². The van der Waals surface area contributed by atoms with E-state index in [2.05, 4.69) is 13.2 Å². The summed E-state index contributed by atoms with van der Waals surface area (Å²) in [5.74, 6) is -0.803. The number of fused-ring (bicyclic) bond motifs is 1. The highest BCUT2D eigenvalue weighted by Gasteiger charge is 2.49. The molecule has 0 N–H and O–H groups in total. The molecular weight excluding hydrogens is 236 g/mol. The van der Waals surface area contributed by atoms with E-state index in [9.17, 15) is 9.59 Å². The fourth-order valence-corrected chi connectivity index (χ4v) is 2.56. The van der Waals surface area contributed by atoms with Crippen molar-refractivity contribution in [1.82, 2.24) is 0 Å². The summed E-state index contributed by atoms with van der Waals surface area (Å²) < 4.78 is 16.0. The van der Waals surface area contributed by atoms with Crippen molar-refractivity contribution in [3.05, 3.63) is 25.3 Å². The first-order valence-corrected chi connectivity index (χ1v) is 5.93. The lowest BCUT2D eigenvalue weighted by Gasteiger charge is -2.18. The highest BCUT2D eigenvalue weighted by molar-refractivity contribution is 5.81. The zero-order valence-corrected chi connectivity index (χ0v) is 10.0. The number of hydrogen-bond acceptors (Lipinski definition) is 5. The minimum absolute atomic E-state index is 0.0940. The Balaban J connectivity index is 1.94. The average molecular weight is 252 g/mol. The maximum absolute atomic E-state index is 11.2. The van der Waals surface area contributed by atoms with Crippen molar-refractivity contribution in [2.75, 3.05) is 6.61 Å². The topological polar surface area (TPSA) is 61.8 Å². The van der Waals surface area contributed by atoms with Crippen LogP contribution in [-0.4, -0.2) is 36.9 Å². The van der Waals surface area contributed by atoms with Gasteiger partial charge in [-0.2, -0.15) is 0 Å². The minimum Gasteiger partial charge on any atom is -0.456 e. The van der Waals surface area contributed by atoms with Crippen molar-refractivity contribution < 1.29 is 23.8 Å². The second kappa shape index (κ2) is 5.35. The predicted molar refractivity (Wildman–Crippen MR) is 62.6 cm³/mol. The predicted octanol–water partition coefficient (Wildman–Crippen LogP) is 0.991. The lowest BCUT2D eigenvalue weighted by molar-refractivity contribution is -0.148. The fourth-order valence-electron chi connectivity index (χ4n) is 2.56. The van der Waals surface area contributed by atoms with Gasteiger partial charge in [0.15, 0.2) is 0 Å². The summed E-state index contributed by atoms with van der Waals surface area (Å²) in [6, 6.07) is 0. The van der Waals surface area contributed by atoms with Crippen LogP contribution in [0, 0.1) is 5.92 Å². The number of esters is 2. The Morgan fingerprint density at radius 1 is 1.06 bits per heavy atom. The van der Waals surface area contributed by atoms with Gasteiger partial charge in [-0.25, -0.2) is 9.59 Å². The van der Waals surface area contributed by atoms with Crippen LogP contribution in [0.2, 0.25) is 0 Å². The van der Waals surface area contributed by atoms with E-state index in [1.54, 1.807) is 0 Å². The molecule has 1 heterocycles. The maximum atomic E-state index is 11.2. The number of ether oxygens (including phenoxy) is 3. The van der Waals surface area contributed by atoms with Crippen molar-refractivity contribution in [3.8, 4) is 0 Å². The summed E-state index contributed by atoms with van der Waals surface area (Å²) in [5.41, 5.74) is 0. The van der Waals surface area contributed by atoms with Gasteiger partial charge in [0.25, 0.3) is 0 Å². The van der Waals surface area contributed by atoms with Crippen molar-refractivity contribution in [1.29, 1.82) is 0 Å². The number of rotatable bonds is 4. The Hall–Kier alpha value is -1.62. The molecule has 0 spiro atoms. The number of hydrogen-bond donors (Lipinski definition) is 0. The van der Waals surface area contributed by atoms with Gasteiger partial charge in [0.2, 0.25) is 0 Å². The summed E-state index contributed by atoms with van der Waals surface area (Å²) >= 11 is 0. The quantitative estimate of drug-likeness (QED) is 0.551. The van der Waals surface area contributed by atoms with E-state index < -0.39 is 11.9 Å². The molecular formula is C13H16O5. The van der Waals surface area contributed by atoms with Crippen LogP contribution in [0.4, 0.5) is 0 Å². The highest BCUT2D eigenvalue weighted by atomic mass is 16.6. The summed E-state index contributed by atoms with van der Waals surface area (Å²) in [5, 5.41) is 0. The van der Waals surface area contributed by atoms with Crippen molar-refractivity contribution in [2.45, 2.75) is 31.2 Å². The van der Waals surface area contributed by atoms with E-state index in [-0.39, 0.29) is 24.2 Å². The second-order valence-corrected chi connectivity index (χ2v) is 4.40. The maximum Gasteiger partial charge on any atom is 0.330 e. The van der Waals surface area contributed by atoms with Crippen LogP contribution in [0.15, 0.2) is 25.3 Å². The second-order valence-electron chi connectivity index (χ2n) is 4.40. The molecule has 2 rings (SSSR count). The molecule has 4 unspecified atom stereocenters. The third-order valence-corrected chi connectivity index (χ3v) is 3.37. The molecule has 1 saturated heterocycles. The minimum atomic E-state index is -0.448. The van der Waals surface area contributed by atoms with E-state index in [1.165, 1.54) is 0 Å². The largest absolute Gasteiger partial charge is 0.456 e. The molecule has 0 radical (unpaired) electrons. The van der Waals surface area contributed by atoms with Crippen molar-refractivity contribution >= 4 is 11.9 Å². The Morgan fingerprint density at radius 3 is 2.28 bits per heavy atom. The molecule has 18 heavy (non-hydrogen) atoms. The van der Waals surface area contributed by atoms with E-state index in [0.717, 1.165) is 25.0 Å². The monoisotopic (exact) mass is 252 g/mol. The van der Waals surface area contributed by atoms with Crippen LogP contribution in [0.1, 0.15) is 12.8 Å². The van der Waals surface area contributed by atoms with Crippen LogP contribution in [0.5, 0.6) is 0 Å². The normalized spacial score (nSPS) is 33.6. The molecule has 1 aliphatic heterocycles. The molecule has 0 amide bonds. The van der Waals surface area contributed by atoms with Gasteiger partial charge in [-0.1, -0.05) is 13.2 Å². The molecule has 1 saturated carbocycles. The summed E-state index contributed by atoms with van der Waals surface area (Å²) in [6.07, 6.45) is 3.08. The molecule has 5 nitrogen and oxygen atoms in total. The summed E-state index contributed by atoms with van der Waals surface area (Å²) in [6.45, 7) is 7.06. The van der Waals surface area contributed by atoms with Gasteiger partial charge >= 0.3 is 11.9 Å². The zero-order chi connectivity index (χ0) is 13.1. The van der Waals surface area contributed by atoms with Crippen molar-refractivity contribution in [3.63, 3.8) is 0 Å². The van der Waals surface area contributed by atoms with Gasteiger partial charge in [0, 0.05) is 18.1 Å². The van der Waals surface area contributed by atoms with Gasteiger partial charge in [0.05, 0.1) is 6.61 Å². The first kappa shape index (κ1) is 12.8. The average Bonchev–Trinajstić information content (AvgIpc) is 2.93. The molecule has 5 heteroatoms. The zero-order valence-electron chi connectivity index (χ0n) is 10.0. The Morgan fingerprint density at radius 2 is 1.67 bits per heavy atom. The summed E-state index contributed by atoms with van der Waals surface area (Å²) in [7, 11) is 0. The van der Waals surface area contributed by atoms with Crippen LogP contribution in [-0.2, 0) is 23.8 Å². The molecule has 98 valence electrons. The third kappa shape index (κ3) is 2.46. The lowest BCUT2D eigenvalue weighted by Crippen LogP contribution is -2.30. The van der Waals surface area contributed by atoms with Crippen LogP contribution >= 0.6 is 0 Å². The smallest absolute Gasteiger partial charge is 0.330 e. The van der Waals surface area contributed by atoms with Gasteiger partial charge in [-0.3, -0.25) is 0 Å². The van der Waals surface area contributed by atoms with E-state index in [1.807, 2.05) is 0 Å². The van der Waals surface area contributed by atoms with E-state index in [4.69, 9.17) is 14.2 Å². The molecule has 2 fully saturated rings. The Labute approximate surface area is 105 Å². The fraction of sp³-hybridized carbons (Fsp3) is 0.538. The molecule has 4 atom stereocenters. The van der Waals surface area contributed by atoms with Crippen LogP contribution in [0.3, 0.4) is 0 Å². The van der Waals surface area contributed by atoms with Gasteiger partial charge in [-0.15, -0.1) is 0 Å². The molecule has 2 aliphatic rings. The molecule has 0 aromatic carbocycles. The standard InChI is InChI=1S/C13H16O5/c1-3-11(14)17-9-6-5-8-10(7-16-13(8)9)18-12(15)4-2/h3-4,8-10,13H,1-2,5-7H2. The first-order chi connectivity index (χ1) is 8.65. The SMILES string of the molecule is C=CC(=O)OC1COC2C(OC(=O)C=C)CCC12. The van der Waals surface area contributed by atoms with Gasteiger partial charge < -0.3 is 14.2 Å². The third-order valence-electron chi connectivity index (χ3n) is 3.37.